The zero-order valence-corrected chi connectivity index (χ0v) is 12.6. The highest BCUT2D eigenvalue weighted by Gasteiger charge is 2.49. The van der Waals surface area contributed by atoms with Gasteiger partial charge in [0.15, 0.2) is 0 Å². The second-order valence-corrected chi connectivity index (χ2v) is 6.42. The van der Waals surface area contributed by atoms with E-state index < -0.39 is 11.5 Å². The molecule has 0 radical (unpaired) electrons. The molecule has 1 saturated heterocycles. The van der Waals surface area contributed by atoms with Gasteiger partial charge in [-0.05, 0) is 52.6 Å². The standard InChI is InChI=1S/C14H25N3O3/c1-14(12(18)19,10-6-7-10)15-13(20)17-8-4-5-11(9-17)16(2)3/h10-11H,4-9H2,1-3H3,(H,15,20)(H,18,19). The molecule has 2 unspecified atom stereocenters. The van der Waals surface area contributed by atoms with Crippen molar-refractivity contribution in [1.29, 1.82) is 0 Å². The molecule has 6 nitrogen and oxygen atoms in total. The van der Waals surface area contributed by atoms with Gasteiger partial charge in [0.25, 0.3) is 0 Å². The number of nitrogens with zero attached hydrogens (tertiary/aromatic N) is 2. The fraction of sp³-hybridized carbons (Fsp3) is 0.857. The van der Waals surface area contributed by atoms with Crippen LogP contribution in [0.4, 0.5) is 4.79 Å². The Bertz CT molecular complexity index is 395. The Hall–Kier alpha value is -1.30. The molecule has 20 heavy (non-hydrogen) atoms. The number of carbonyl (C=O) groups is 2. The van der Waals surface area contributed by atoms with Crippen LogP contribution in [0, 0.1) is 5.92 Å². The number of hydrogen-bond acceptors (Lipinski definition) is 3. The Balaban J connectivity index is 1.98. The zero-order valence-electron chi connectivity index (χ0n) is 12.6. The Morgan fingerprint density at radius 2 is 1.95 bits per heavy atom. The van der Waals surface area contributed by atoms with Gasteiger partial charge in [0.2, 0.25) is 0 Å². The van der Waals surface area contributed by atoms with Crippen molar-refractivity contribution in [2.45, 2.75) is 44.2 Å². The lowest BCUT2D eigenvalue weighted by molar-refractivity contribution is -0.144. The van der Waals surface area contributed by atoms with E-state index in [2.05, 4.69) is 10.2 Å². The van der Waals surface area contributed by atoms with Crippen molar-refractivity contribution >= 4 is 12.0 Å². The van der Waals surface area contributed by atoms with Gasteiger partial charge in [-0.25, -0.2) is 9.59 Å². The Labute approximate surface area is 120 Å². The number of carbonyl (C=O) groups excluding carboxylic acids is 1. The van der Waals surface area contributed by atoms with Crippen molar-refractivity contribution in [2.24, 2.45) is 5.92 Å². The molecule has 0 aromatic rings. The molecule has 2 rings (SSSR count). The Kier molecular flexibility index (Phi) is 4.22. The van der Waals surface area contributed by atoms with Crippen LogP contribution in [-0.2, 0) is 4.79 Å². The number of carboxylic acids is 1. The second-order valence-electron chi connectivity index (χ2n) is 6.42. The van der Waals surface area contributed by atoms with Gasteiger partial charge in [0.05, 0.1) is 0 Å². The highest BCUT2D eigenvalue weighted by Crippen LogP contribution is 2.39. The molecule has 2 N–H and O–H groups in total. The van der Waals surface area contributed by atoms with Crippen molar-refractivity contribution in [3.63, 3.8) is 0 Å². The largest absolute Gasteiger partial charge is 0.480 e. The first-order valence-corrected chi connectivity index (χ1v) is 7.31. The van der Waals surface area contributed by atoms with Crippen molar-refractivity contribution in [2.75, 3.05) is 27.2 Å². The quantitative estimate of drug-likeness (QED) is 0.806. The fourth-order valence-electron chi connectivity index (χ4n) is 2.85. The summed E-state index contributed by atoms with van der Waals surface area (Å²) in [5, 5.41) is 12.1. The van der Waals surface area contributed by atoms with Gasteiger partial charge < -0.3 is 20.2 Å². The van der Waals surface area contributed by atoms with Gasteiger partial charge in [-0.3, -0.25) is 0 Å². The monoisotopic (exact) mass is 283 g/mol. The summed E-state index contributed by atoms with van der Waals surface area (Å²) in [4.78, 5) is 27.7. The smallest absolute Gasteiger partial charge is 0.329 e. The maximum absolute atomic E-state index is 12.4. The normalized spacial score (nSPS) is 26.2. The molecule has 6 heteroatoms. The third-order valence-electron chi connectivity index (χ3n) is 4.62. The Morgan fingerprint density at radius 3 is 2.45 bits per heavy atom. The fourth-order valence-corrected chi connectivity index (χ4v) is 2.85. The van der Waals surface area contributed by atoms with E-state index in [9.17, 15) is 14.7 Å². The number of likely N-dealkylation sites (N-methyl/N-ethyl adjacent to an activating group) is 1. The number of amides is 2. The minimum absolute atomic E-state index is 0.0680. The van der Waals surface area contributed by atoms with Gasteiger partial charge >= 0.3 is 12.0 Å². The highest BCUT2D eigenvalue weighted by atomic mass is 16.4. The summed E-state index contributed by atoms with van der Waals surface area (Å²) in [6.45, 7) is 2.99. The van der Waals surface area contributed by atoms with E-state index in [1.165, 1.54) is 0 Å². The molecular weight excluding hydrogens is 258 g/mol. The van der Waals surface area contributed by atoms with Crippen LogP contribution < -0.4 is 5.32 Å². The summed E-state index contributed by atoms with van der Waals surface area (Å²) in [6.07, 6.45) is 3.80. The first-order valence-electron chi connectivity index (χ1n) is 7.31. The molecule has 2 aliphatic rings. The van der Waals surface area contributed by atoms with Gasteiger partial charge in [-0.15, -0.1) is 0 Å². The number of carboxylic acid groups (broad SMARTS) is 1. The van der Waals surface area contributed by atoms with Crippen LogP contribution in [0.1, 0.15) is 32.6 Å². The summed E-state index contributed by atoms with van der Waals surface area (Å²) in [7, 11) is 4.02. The topological polar surface area (TPSA) is 72.9 Å². The van der Waals surface area contributed by atoms with Crippen LogP contribution in [0.2, 0.25) is 0 Å². The lowest BCUT2D eigenvalue weighted by Crippen LogP contribution is -2.59. The summed E-state index contributed by atoms with van der Waals surface area (Å²) in [5.74, 6) is -0.868. The molecule has 0 aromatic heterocycles. The summed E-state index contributed by atoms with van der Waals surface area (Å²) in [5.41, 5.74) is -1.12. The first kappa shape index (κ1) is 15.1. The van der Waals surface area contributed by atoms with Gasteiger partial charge in [0.1, 0.15) is 5.54 Å². The van der Waals surface area contributed by atoms with Crippen LogP contribution in [0.25, 0.3) is 0 Å². The molecule has 1 heterocycles. The number of nitrogens with one attached hydrogen (secondary N) is 1. The van der Waals surface area contributed by atoms with E-state index in [1.54, 1.807) is 11.8 Å². The first-order chi connectivity index (χ1) is 9.34. The molecular formula is C14H25N3O3. The van der Waals surface area contributed by atoms with E-state index in [0.29, 0.717) is 19.1 Å². The maximum Gasteiger partial charge on any atom is 0.329 e. The third kappa shape index (κ3) is 3.06. The minimum Gasteiger partial charge on any atom is -0.480 e. The number of likely N-dealkylation sites (tertiary alicyclic amines) is 1. The SMILES string of the molecule is CN(C)C1CCCN(C(=O)NC(C)(C(=O)O)C2CC2)C1. The highest BCUT2D eigenvalue weighted by molar-refractivity contribution is 5.86. The van der Waals surface area contributed by atoms with E-state index in [0.717, 1.165) is 25.7 Å². The van der Waals surface area contributed by atoms with Crippen molar-refractivity contribution in [3.05, 3.63) is 0 Å². The Morgan fingerprint density at radius 1 is 1.30 bits per heavy atom. The minimum atomic E-state index is -1.12. The molecule has 114 valence electrons. The van der Waals surface area contributed by atoms with Gasteiger partial charge in [0, 0.05) is 19.1 Å². The number of urea groups is 1. The second kappa shape index (κ2) is 5.60. The van der Waals surface area contributed by atoms with Crippen LogP contribution in [0.5, 0.6) is 0 Å². The van der Waals surface area contributed by atoms with Crippen LogP contribution in [0.15, 0.2) is 0 Å². The van der Waals surface area contributed by atoms with Crippen LogP contribution >= 0.6 is 0 Å². The van der Waals surface area contributed by atoms with Crippen molar-refractivity contribution < 1.29 is 14.7 Å². The molecule has 1 aliphatic heterocycles. The van der Waals surface area contributed by atoms with E-state index in [4.69, 9.17) is 0 Å². The summed E-state index contributed by atoms with van der Waals surface area (Å²) in [6, 6.07) is 0.111. The van der Waals surface area contributed by atoms with E-state index in [-0.39, 0.29) is 11.9 Å². The maximum atomic E-state index is 12.4. The lowest BCUT2D eigenvalue weighted by Gasteiger charge is -2.38. The van der Waals surface area contributed by atoms with E-state index in [1.807, 2.05) is 14.1 Å². The zero-order chi connectivity index (χ0) is 14.9. The molecule has 2 fully saturated rings. The molecule has 1 saturated carbocycles. The average molecular weight is 283 g/mol. The number of hydrogen-bond donors (Lipinski definition) is 2. The predicted molar refractivity (Wildman–Crippen MR) is 75.6 cm³/mol. The number of rotatable bonds is 4. The average Bonchev–Trinajstić information content (AvgIpc) is 3.23. The number of aliphatic carboxylic acids is 1. The predicted octanol–water partition coefficient (Wildman–Crippen LogP) is 0.975. The van der Waals surface area contributed by atoms with Gasteiger partial charge in [-0.2, -0.15) is 0 Å². The molecule has 0 aromatic carbocycles. The molecule has 0 spiro atoms. The molecule has 2 atom stereocenters. The van der Waals surface area contributed by atoms with Crippen molar-refractivity contribution in [3.8, 4) is 0 Å². The van der Waals surface area contributed by atoms with Crippen LogP contribution in [-0.4, -0.2) is 65.7 Å². The van der Waals surface area contributed by atoms with Gasteiger partial charge in [-0.1, -0.05) is 0 Å². The lowest BCUT2D eigenvalue weighted by atomic mass is 9.96. The molecule has 2 amide bonds. The van der Waals surface area contributed by atoms with Crippen molar-refractivity contribution in [1.82, 2.24) is 15.1 Å². The summed E-state index contributed by atoms with van der Waals surface area (Å²) < 4.78 is 0. The van der Waals surface area contributed by atoms with Crippen LogP contribution in [0.3, 0.4) is 0 Å². The third-order valence-corrected chi connectivity index (χ3v) is 4.62. The number of piperidine rings is 1. The molecule has 1 aliphatic carbocycles. The van der Waals surface area contributed by atoms with E-state index >= 15 is 0 Å². The molecule has 0 bridgehead atoms. The summed E-state index contributed by atoms with van der Waals surface area (Å²) >= 11 is 0.